The number of hydrogen-bond donors (Lipinski definition) is 0. The molecule has 3 aromatic rings. The summed E-state index contributed by atoms with van der Waals surface area (Å²) < 4.78 is 47.0. The second-order valence-electron chi connectivity index (χ2n) is 13.4. The topological polar surface area (TPSA) is 116 Å². The third kappa shape index (κ3) is 4.94. The highest BCUT2D eigenvalue weighted by atomic mass is 32.2. The highest BCUT2D eigenvalue weighted by molar-refractivity contribution is 7.93. The van der Waals surface area contributed by atoms with Crippen LogP contribution in [0.25, 0.3) is 0 Å². The van der Waals surface area contributed by atoms with Crippen molar-refractivity contribution in [2.45, 2.75) is 36.2 Å². The molecule has 1 spiro atoms. The van der Waals surface area contributed by atoms with E-state index in [0.29, 0.717) is 59.7 Å². The number of ether oxygens (including phenoxy) is 3. The van der Waals surface area contributed by atoms with Gasteiger partial charge in [-0.1, -0.05) is 0 Å². The molecule has 0 aliphatic carbocycles. The second kappa shape index (κ2) is 12.1. The average Bonchev–Trinajstić information content (AvgIpc) is 3.32. The van der Waals surface area contributed by atoms with E-state index in [2.05, 4.69) is 27.8 Å². The zero-order valence-corrected chi connectivity index (χ0v) is 28.6. The molecule has 0 bridgehead atoms. The van der Waals surface area contributed by atoms with Gasteiger partial charge in [-0.05, 0) is 101 Å². The third-order valence-electron chi connectivity index (χ3n) is 10.5. The number of methoxy groups -OCH3 is 2. The molecule has 1 unspecified atom stereocenters. The standard InChI is InChI=1S/C36H41N5O6S/c1-5-47-33-13-9-28(46-4)19-31(33)36(40-23-35(24-40)21-39(22-35)26-14-16-38(2)17-15-26)30-18-25(20-37)6-12-32(30)41(34(36)42)48(43,44)29-10-7-27(45-3)8-11-29/h6-13,18-19,26H,5,14-17,21-24H2,1-4H3. The van der Waals surface area contributed by atoms with Crippen LogP contribution in [-0.2, 0) is 20.4 Å². The van der Waals surface area contributed by atoms with E-state index in [1.165, 1.54) is 19.2 Å². The van der Waals surface area contributed by atoms with E-state index >= 15 is 4.79 Å². The number of anilines is 1. The lowest BCUT2D eigenvalue weighted by atomic mass is 9.67. The summed E-state index contributed by atoms with van der Waals surface area (Å²) in [6, 6.07) is 18.8. The van der Waals surface area contributed by atoms with Crippen molar-refractivity contribution in [1.29, 1.82) is 5.26 Å². The first-order chi connectivity index (χ1) is 23.1. The smallest absolute Gasteiger partial charge is 0.271 e. The Morgan fingerprint density at radius 1 is 0.896 bits per heavy atom. The molecule has 4 aliphatic heterocycles. The quantitative estimate of drug-likeness (QED) is 0.334. The lowest BCUT2D eigenvalue weighted by molar-refractivity contribution is -0.169. The van der Waals surface area contributed by atoms with Gasteiger partial charge in [0.1, 0.15) is 17.2 Å². The number of sulfonamides is 1. The van der Waals surface area contributed by atoms with E-state index in [1.807, 2.05) is 6.92 Å². The molecule has 1 amide bonds. The highest BCUT2D eigenvalue weighted by Crippen LogP contribution is 2.58. The molecule has 0 radical (unpaired) electrons. The predicted octanol–water partition coefficient (Wildman–Crippen LogP) is 3.67. The Morgan fingerprint density at radius 3 is 2.19 bits per heavy atom. The molecule has 3 saturated heterocycles. The molecule has 252 valence electrons. The Bertz CT molecular complexity index is 1870. The number of nitriles is 1. The minimum Gasteiger partial charge on any atom is -0.497 e. The predicted molar refractivity (Wildman–Crippen MR) is 180 cm³/mol. The van der Waals surface area contributed by atoms with E-state index in [-0.39, 0.29) is 16.0 Å². The summed E-state index contributed by atoms with van der Waals surface area (Å²) in [5, 5.41) is 10.0. The van der Waals surface area contributed by atoms with Crippen molar-refractivity contribution < 1.29 is 27.4 Å². The Labute approximate surface area is 282 Å². The fourth-order valence-corrected chi connectivity index (χ4v) is 9.57. The second-order valence-corrected chi connectivity index (χ2v) is 15.2. The fraction of sp³-hybridized carbons (Fsp3) is 0.444. The Hall–Kier alpha value is -4.15. The number of piperidine rings is 1. The van der Waals surface area contributed by atoms with Crippen LogP contribution < -0.4 is 18.5 Å². The maximum Gasteiger partial charge on any atom is 0.271 e. The number of rotatable bonds is 9. The number of likely N-dealkylation sites (tertiary alicyclic amines) is 3. The monoisotopic (exact) mass is 671 g/mol. The summed E-state index contributed by atoms with van der Waals surface area (Å²) in [7, 11) is 0.823. The normalized spacial score (nSPS) is 22.9. The number of carbonyl (C=O) groups excluding carboxylic acids is 1. The van der Waals surface area contributed by atoms with Crippen molar-refractivity contribution in [3.05, 3.63) is 77.4 Å². The van der Waals surface area contributed by atoms with Crippen molar-refractivity contribution >= 4 is 21.6 Å². The molecular weight excluding hydrogens is 630 g/mol. The van der Waals surface area contributed by atoms with Gasteiger partial charge < -0.3 is 19.1 Å². The highest BCUT2D eigenvalue weighted by Gasteiger charge is 2.66. The van der Waals surface area contributed by atoms with E-state index in [1.54, 1.807) is 55.6 Å². The molecule has 0 saturated carbocycles. The van der Waals surface area contributed by atoms with Gasteiger partial charge in [0.25, 0.3) is 15.9 Å². The molecule has 3 aromatic carbocycles. The minimum atomic E-state index is -4.40. The van der Waals surface area contributed by atoms with Gasteiger partial charge in [0.15, 0.2) is 5.54 Å². The zero-order valence-electron chi connectivity index (χ0n) is 27.8. The van der Waals surface area contributed by atoms with Crippen molar-refractivity contribution in [2.24, 2.45) is 5.41 Å². The van der Waals surface area contributed by atoms with Gasteiger partial charge in [-0.2, -0.15) is 5.26 Å². The number of fused-ring (bicyclic) bond motifs is 1. The number of nitrogens with zero attached hydrogens (tertiary/aromatic N) is 5. The summed E-state index contributed by atoms with van der Waals surface area (Å²) in [6.45, 7) is 7.39. The van der Waals surface area contributed by atoms with Crippen LogP contribution in [0.15, 0.2) is 65.6 Å². The van der Waals surface area contributed by atoms with E-state index in [9.17, 15) is 13.7 Å². The maximum atomic E-state index is 15.4. The Balaban J connectivity index is 1.36. The number of carbonyl (C=O) groups is 1. The van der Waals surface area contributed by atoms with Gasteiger partial charge >= 0.3 is 0 Å². The molecule has 4 aliphatic rings. The largest absolute Gasteiger partial charge is 0.497 e. The summed E-state index contributed by atoms with van der Waals surface area (Å²) >= 11 is 0. The van der Waals surface area contributed by atoms with Crippen LogP contribution in [0.4, 0.5) is 5.69 Å². The Morgan fingerprint density at radius 2 is 1.56 bits per heavy atom. The molecular formula is C36H41N5O6S. The van der Waals surface area contributed by atoms with Crippen LogP contribution in [-0.4, -0.2) is 102 Å². The summed E-state index contributed by atoms with van der Waals surface area (Å²) in [5.41, 5.74) is -0.167. The van der Waals surface area contributed by atoms with Crippen LogP contribution in [0, 0.1) is 16.7 Å². The van der Waals surface area contributed by atoms with Gasteiger partial charge in [-0.3, -0.25) is 14.6 Å². The molecule has 0 N–H and O–H groups in total. The molecule has 48 heavy (non-hydrogen) atoms. The summed E-state index contributed by atoms with van der Waals surface area (Å²) in [6.07, 6.45) is 2.28. The van der Waals surface area contributed by atoms with Gasteiger partial charge in [-0.15, -0.1) is 0 Å². The lowest BCUT2D eigenvalue weighted by Gasteiger charge is -2.65. The van der Waals surface area contributed by atoms with Crippen LogP contribution in [0.2, 0.25) is 0 Å². The van der Waals surface area contributed by atoms with Gasteiger partial charge in [0, 0.05) is 48.8 Å². The van der Waals surface area contributed by atoms with Crippen molar-refractivity contribution in [1.82, 2.24) is 14.7 Å². The van der Waals surface area contributed by atoms with Crippen LogP contribution >= 0.6 is 0 Å². The van der Waals surface area contributed by atoms with E-state index < -0.39 is 21.5 Å². The van der Waals surface area contributed by atoms with Crippen LogP contribution in [0.5, 0.6) is 17.2 Å². The molecule has 1 atom stereocenters. The van der Waals surface area contributed by atoms with Crippen molar-refractivity contribution in [3.63, 3.8) is 0 Å². The average molecular weight is 672 g/mol. The fourth-order valence-electron chi connectivity index (χ4n) is 8.11. The third-order valence-corrected chi connectivity index (χ3v) is 12.2. The summed E-state index contributed by atoms with van der Waals surface area (Å²) in [5.74, 6) is 0.807. The molecule has 4 heterocycles. The SMILES string of the molecule is CCOc1ccc(OC)cc1C1(N2CC3(CN(C4CCN(C)CC4)C3)C2)C(=O)N(S(=O)(=O)c2ccc(OC)cc2)c2ccc(C#N)cc21. The van der Waals surface area contributed by atoms with Gasteiger partial charge in [-0.25, -0.2) is 12.7 Å². The van der Waals surface area contributed by atoms with Gasteiger partial charge in [0.2, 0.25) is 0 Å². The van der Waals surface area contributed by atoms with Crippen molar-refractivity contribution in [2.75, 3.05) is 71.4 Å². The van der Waals surface area contributed by atoms with Crippen molar-refractivity contribution in [3.8, 4) is 23.3 Å². The van der Waals surface area contributed by atoms with Crippen LogP contribution in [0.3, 0.4) is 0 Å². The first-order valence-electron chi connectivity index (χ1n) is 16.4. The molecule has 0 aromatic heterocycles. The molecule has 7 rings (SSSR count). The molecule has 11 nitrogen and oxygen atoms in total. The van der Waals surface area contributed by atoms with Crippen LogP contribution in [0.1, 0.15) is 36.5 Å². The maximum absolute atomic E-state index is 15.4. The number of hydrogen-bond acceptors (Lipinski definition) is 10. The van der Waals surface area contributed by atoms with Gasteiger partial charge in [0.05, 0.1) is 43.0 Å². The first-order valence-corrected chi connectivity index (χ1v) is 17.8. The first kappa shape index (κ1) is 32.4. The van der Waals surface area contributed by atoms with E-state index in [4.69, 9.17) is 14.2 Å². The zero-order chi connectivity index (χ0) is 33.8. The molecule has 3 fully saturated rings. The Kier molecular flexibility index (Phi) is 8.15. The number of benzene rings is 3. The number of amides is 1. The van der Waals surface area contributed by atoms with E-state index in [0.717, 1.165) is 43.3 Å². The lowest BCUT2D eigenvalue weighted by Crippen LogP contribution is -2.77. The summed E-state index contributed by atoms with van der Waals surface area (Å²) in [4.78, 5) is 22.3. The molecule has 12 heteroatoms. The minimum absolute atomic E-state index is 0.0173.